The molecular formula is C7H15NO2. The lowest BCUT2D eigenvalue weighted by molar-refractivity contribution is 0.105. The van der Waals surface area contributed by atoms with E-state index in [1.165, 1.54) is 0 Å². The molecule has 60 valence electrons. The Balaban J connectivity index is 2.41. The van der Waals surface area contributed by atoms with Crippen LogP contribution < -0.4 is 5.32 Å². The van der Waals surface area contributed by atoms with E-state index in [-0.39, 0.29) is 18.2 Å². The molecule has 1 aliphatic rings. The first kappa shape index (κ1) is 7.98. The first-order valence-corrected chi connectivity index (χ1v) is 3.59. The molecule has 2 N–H and O–H groups in total. The quantitative estimate of drug-likeness (QED) is 0.563. The van der Waals surface area contributed by atoms with Crippen molar-refractivity contribution < 1.29 is 9.84 Å². The highest BCUT2D eigenvalue weighted by Crippen LogP contribution is 2.19. The minimum atomic E-state index is -0.110. The van der Waals surface area contributed by atoms with Gasteiger partial charge in [0.2, 0.25) is 0 Å². The SMILES string of the molecule is CO[C@H]1CN[C@](C)(CO)C1. The minimum Gasteiger partial charge on any atom is -0.394 e. The summed E-state index contributed by atoms with van der Waals surface area (Å²) in [5, 5.41) is 12.1. The fraction of sp³-hybridized carbons (Fsp3) is 1.00. The predicted molar refractivity (Wildman–Crippen MR) is 38.9 cm³/mol. The smallest absolute Gasteiger partial charge is 0.0714 e. The van der Waals surface area contributed by atoms with Gasteiger partial charge in [-0.3, -0.25) is 0 Å². The first-order valence-electron chi connectivity index (χ1n) is 3.59. The molecule has 0 amide bonds. The van der Waals surface area contributed by atoms with Crippen LogP contribution in [0.1, 0.15) is 13.3 Å². The van der Waals surface area contributed by atoms with Crippen LogP contribution in [0.3, 0.4) is 0 Å². The Morgan fingerprint density at radius 3 is 2.80 bits per heavy atom. The van der Waals surface area contributed by atoms with E-state index in [1.54, 1.807) is 7.11 Å². The van der Waals surface area contributed by atoms with Crippen molar-refractivity contribution in [2.45, 2.75) is 25.0 Å². The van der Waals surface area contributed by atoms with Crippen LogP contribution in [-0.4, -0.2) is 37.0 Å². The molecule has 0 saturated carbocycles. The summed E-state index contributed by atoms with van der Waals surface area (Å²) < 4.78 is 5.13. The van der Waals surface area contributed by atoms with E-state index in [2.05, 4.69) is 5.32 Å². The zero-order chi connectivity index (χ0) is 7.61. The standard InChI is InChI=1S/C7H15NO2/c1-7(5-9)3-6(10-2)4-8-7/h6,8-9H,3-5H2,1-2H3/t6-,7+/m1/s1. The molecule has 0 unspecified atom stereocenters. The molecule has 0 spiro atoms. The van der Waals surface area contributed by atoms with Crippen molar-refractivity contribution in [3.63, 3.8) is 0 Å². The Morgan fingerprint density at radius 2 is 2.50 bits per heavy atom. The van der Waals surface area contributed by atoms with Crippen LogP contribution in [0.4, 0.5) is 0 Å². The van der Waals surface area contributed by atoms with Gasteiger partial charge in [-0.15, -0.1) is 0 Å². The fourth-order valence-corrected chi connectivity index (χ4v) is 1.29. The Morgan fingerprint density at radius 1 is 1.80 bits per heavy atom. The van der Waals surface area contributed by atoms with Crippen LogP contribution in [0.2, 0.25) is 0 Å². The van der Waals surface area contributed by atoms with Gasteiger partial charge < -0.3 is 15.2 Å². The van der Waals surface area contributed by atoms with Gasteiger partial charge in [-0.2, -0.15) is 0 Å². The summed E-state index contributed by atoms with van der Waals surface area (Å²) in [6.07, 6.45) is 1.18. The molecule has 0 aromatic rings. The van der Waals surface area contributed by atoms with E-state index in [0.717, 1.165) is 13.0 Å². The third-order valence-electron chi connectivity index (χ3n) is 2.12. The van der Waals surface area contributed by atoms with Gasteiger partial charge in [-0.05, 0) is 13.3 Å². The van der Waals surface area contributed by atoms with Gasteiger partial charge in [0.15, 0.2) is 0 Å². The van der Waals surface area contributed by atoms with Gasteiger partial charge in [-0.1, -0.05) is 0 Å². The van der Waals surface area contributed by atoms with Crippen molar-refractivity contribution in [3.8, 4) is 0 Å². The van der Waals surface area contributed by atoms with Crippen LogP contribution in [0, 0.1) is 0 Å². The molecule has 1 aliphatic heterocycles. The highest BCUT2D eigenvalue weighted by molar-refractivity contribution is 4.93. The average molecular weight is 145 g/mol. The largest absolute Gasteiger partial charge is 0.394 e. The molecule has 0 aliphatic carbocycles. The molecule has 0 aromatic carbocycles. The normalized spacial score (nSPS) is 40.5. The molecule has 0 aromatic heterocycles. The second kappa shape index (κ2) is 2.86. The maximum atomic E-state index is 8.92. The monoisotopic (exact) mass is 145 g/mol. The molecular weight excluding hydrogens is 130 g/mol. The number of hydrogen-bond donors (Lipinski definition) is 2. The lowest BCUT2D eigenvalue weighted by Crippen LogP contribution is -2.39. The van der Waals surface area contributed by atoms with Gasteiger partial charge >= 0.3 is 0 Å². The number of ether oxygens (including phenoxy) is 1. The Kier molecular flexibility index (Phi) is 2.28. The van der Waals surface area contributed by atoms with Gasteiger partial charge in [-0.25, -0.2) is 0 Å². The number of rotatable bonds is 2. The third kappa shape index (κ3) is 1.48. The fourth-order valence-electron chi connectivity index (χ4n) is 1.29. The van der Waals surface area contributed by atoms with Crippen LogP contribution >= 0.6 is 0 Å². The number of aliphatic hydroxyl groups excluding tert-OH is 1. The Hall–Kier alpha value is -0.120. The van der Waals surface area contributed by atoms with E-state index < -0.39 is 0 Å². The van der Waals surface area contributed by atoms with Crippen LogP contribution in [0.15, 0.2) is 0 Å². The second-order valence-electron chi connectivity index (χ2n) is 3.16. The van der Waals surface area contributed by atoms with Gasteiger partial charge in [0, 0.05) is 19.2 Å². The highest BCUT2D eigenvalue weighted by atomic mass is 16.5. The summed E-state index contributed by atoms with van der Waals surface area (Å²) in [6, 6.07) is 0. The van der Waals surface area contributed by atoms with Crippen molar-refractivity contribution in [1.82, 2.24) is 5.32 Å². The summed E-state index contributed by atoms with van der Waals surface area (Å²) >= 11 is 0. The molecule has 1 fully saturated rings. The molecule has 3 heteroatoms. The summed E-state index contributed by atoms with van der Waals surface area (Å²) in [7, 11) is 1.70. The number of nitrogens with one attached hydrogen (secondary N) is 1. The van der Waals surface area contributed by atoms with Crippen LogP contribution in [0.5, 0.6) is 0 Å². The summed E-state index contributed by atoms with van der Waals surface area (Å²) in [5.74, 6) is 0. The van der Waals surface area contributed by atoms with Gasteiger partial charge in [0.25, 0.3) is 0 Å². The summed E-state index contributed by atoms with van der Waals surface area (Å²) in [6.45, 7) is 3.05. The first-order chi connectivity index (χ1) is 4.70. The van der Waals surface area contributed by atoms with E-state index in [9.17, 15) is 0 Å². The zero-order valence-electron chi connectivity index (χ0n) is 6.55. The molecule has 0 radical (unpaired) electrons. The van der Waals surface area contributed by atoms with E-state index in [0.29, 0.717) is 0 Å². The Bertz CT molecular complexity index is 118. The molecule has 1 rings (SSSR count). The lowest BCUT2D eigenvalue weighted by Gasteiger charge is -2.20. The van der Waals surface area contributed by atoms with E-state index in [4.69, 9.17) is 9.84 Å². The number of methoxy groups -OCH3 is 1. The number of hydrogen-bond acceptors (Lipinski definition) is 3. The number of aliphatic hydroxyl groups is 1. The lowest BCUT2D eigenvalue weighted by atomic mass is 10.0. The van der Waals surface area contributed by atoms with Crippen molar-refractivity contribution in [2.75, 3.05) is 20.3 Å². The van der Waals surface area contributed by atoms with E-state index >= 15 is 0 Å². The van der Waals surface area contributed by atoms with Gasteiger partial charge in [0.05, 0.1) is 12.7 Å². The van der Waals surface area contributed by atoms with Crippen molar-refractivity contribution in [3.05, 3.63) is 0 Å². The molecule has 1 saturated heterocycles. The van der Waals surface area contributed by atoms with Crippen molar-refractivity contribution >= 4 is 0 Å². The molecule has 0 bridgehead atoms. The third-order valence-corrected chi connectivity index (χ3v) is 2.12. The predicted octanol–water partition coefficient (Wildman–Crippen LogP) is -0.254. The topological polar surface area (TPSA) is 41.5 Å². The minimum absolute atomic E-state index is 0.110. The average Bonchev–Trinajstić information content (AvgIpc) is 2.33. The van der Waals surface area contributed by atoms with Gasteiger partial charge in [0.1, 0.15) is 0 Å². The molecule has 1 heterocycles. The van der Waals surface area contributed by atoms with Crippen molar-refractivity contribution in [2.24, 2.45) is 0 Å². The maximum absolute atomic E-state index is 8.92. The second-order valence-corrected chi connectivity index (χ2v) is 3.16. The molecule has 10 heavy (non-hydrogen) atoms. The van der Waals surface area contributed by atoms with Crippen LogP contribution in [-0.2, 0) is 4.74 Å². The van der Waals surface area contributed by atoms with Crippen molar-refractivity contribution in [1.29, 1.82) is 0 Å². The summed E-state index contributed by atoms with van der Waals surface area (Å²) in [5.41, 5.74) is -0.110. The molecule has 3 nitrogen and oxygen atoms in total. The van der Waals surface area contributed by atoms with E-state index in [1.807, 2.05) is 6.92 Å². The maximum Gasteiger partial charge on any atom is 0.0714 e. The highest BCUT2D eigenvalue weighted by Gasteiger charge is 2.33. The summed E-state index contributed by atoms with van der Waals surface area (Å²) in [4.78, 5) is 0. The Labute approximate surface area is 61.4 Å². The van der Waals surface area contributed by atoms with Crippen LogP contribution in [0.25, 0.3) is 0 Å². The molecule has 2 atom stereocenters. The zero-order valence-corrected chi connectivity index (χ0v) is 6.55.